The van der Waals surface area contributed by atoms with Crippen molar-refractivity contribution in [3.05, 3.63) is 52.7 Å². The fraction of sp³-hybridized carbons (Fsp3) is 0.478. The molecular weight excluding hydrogens is 399 g/mol. The number of carbonyl (C=O) groups is 2. The third-order valence-corrected chi connectivity index (χ3v) is 6.22. The highest BCUT2D eigenvalue weighted by Gasteiger charge is 2.40. The molecule has 2 aliphatic heterocycles. The average molecular weight is 426 g/mol. The number of benzene rings is 1. The number of anilines is 1. The monoisotopic (exact) mass is 426 g/mol. The molecule has 0 spiro atoms. The molecule has 3 heterocycles. The lowest BCUT2D eigenvalue weighted by atomic mass is 9.80. The van der Waals surface area contributed by atoms with E-state index in [9.17, 15) is 14.0 Å². The minimum absolute atomic E-state index is 0.00763. The Morgan fingerprint density at radius 2 is 2.06 bits per heavy atom. The molecule has 1 atom stereocenters. The number of halogens is 1. The number of amides is 2. The molecule has 8 heteroatoms. The van der Waals surface area contributed by atoms with E-state index in [1.54, 1.807) is 29.0 Å². The smallest absolute Gasteiger partial charge is 0.256 e. The van der Waals surface area contributed by atoms with Crippen LogP contribution in [0.4, 0.5) is 10.2 Å². The number of methoxy groups -OCH3 is 1. The third-order valence-electron chi connectivity index (χ3n) is 6.22. The van der Waals surface area contributed by atoms with Gasteiger partial charge in [-0.1, -0.05) is 19.1 Å². The van der Waals surface area contributed by atoms with Crippen LogP contribution in [0.25, 0.3) is 0 Å². The first-order chi connectivity index (χ1) is 14.8. The molecule has 1 saturated heterocycles. The van der Waals surface area contributed by atoms with Gasteiger partial charge in [-0.25, -0.2) is 14.4 Å². The highest BCUT2D eigenvalue weighted by Crippen LogP contribution is 2.36. The molecule has 0 aliphatic carbocycles. The summed E-state index contributed by atoms with van der Waals surface area (Å²) in [5.74, 6) is 0.414. The maximum absolute atomic E-state index is 14.2. The molecule has 0 radical (unpaired) electrons. The number of hydrogen-bond donors (Lipinski definition) is 0. The van der Waals surface area contributed by atoms with Gasteiger partial charge in [0.1, 0.15) is 17.5 Å². The second-order valence-corrected chi connectivity index (χ2v) is 8.52. The van der Waals surface area contributed by atoms with Crippen LogP contribution in [0.15, 0.2) is 24.3 Å². The van der Waals surface area contributed by atoms with Gasteiger partial charge in [-0.3, -0.25) is 14.5 Å². The molecule has 2 amide bonds. The van der Waals surface area contributed by atoms with E-state index < -0.39 is 11.2 Å². The van der Waals surface area contributed by atoms with Crippen molar-refractivity contribution >= 4 is 17.6 Å². The molecule has 4 rings (SSSR count). The van der Waals surface area contributed by atoms with E-state index >= 15 is 0 Å². The molecular formula is C23H27FN4O3. The lowest BCUT2D eigenvalue weighted by Gasteiger charge is -2.39. The Morgan fingerprint density at radius 1 is 1.29 bits per heavy atom. The minimum atomic E-state index is -0.517. The number of carbonyl (C=O) groups excluding carboxylic acids is 2. The summed E-state index contributed by atoms with van der Waals surface area (Å²) in [6.45, 7) is 5.74. The number of fused-ring (bicyclic) bond motifs is 1. The van der Waals surface area contributed by atoms with Gasteiger partial charge in [-0.05, 0) is 31.9 Å². The van der Waals surface area contributed by atoms with E-state index in [1.165, 1.54) is 12.1 Å². The fourth-order valence-corrected chi connectivity index (χ4v) is 4.46. The Bertz CT molecular complexity index is 1030. The van der Waals surface area contributed by atoms with Crippen LogP contribution in [0.1, 0.15) is 47.2 Å². The SMILES string of the molecule is COCCN1C(=O)Cc2c(C)nc([C@]3(C)CCCN(C(=O)c4ccccc4F)C3)nc21. The summed E-state index contributed by atoms with van der Waals surface area (Å²) in [5, 5.41) is 0. The predicted molar refractivity (Wildman–Crippen MR) is 114 cm³/mol. The molecule has 31 heavy (non-hydrogen) atoms. The van der Waals surface area contributed by atoms with E-state index in [1.807, 2.05) is 13.8 Å². The van der Waals surface area contributed by atoms with Crippen LogP contribution < -0.4 is 4.90 Å². The van der Waals surface area contributed by atoms with Crippen LogP contribution in [0, 0.1) is 12.7 Å². The lowest BCUT2D eigenvalue weighted by molar-refractivity contribution is -0.117. The van der Waals surface area contributed by atoms with Crippen molar-refractivity contribution < 1.29 is 18.7 Å². The van der Waals surface area contributed by atoms with Gasteiger partial charge in [-0.15, -0.1) is 0 Å². The summed E-state index contributed by atoms with van der Waals surface area (Å²) in [6.07, 6.45) is 1.86. The van der Waals surface area contributed by atoms with E-state index in [4.69, 9.17) is 14.7 Å². The predicted octanol–water partition coefficient (Wildman–Crippen LogP) is 2.65. The normalized spacial score (nSPS) is 20.8. The minimum Gasteiger partial charge on any atom is -0.383 e. The van der Waals surface area contributed by atoms with Crippen molar-refractivity contribution in [1.29, 1.82) is 0 Å². The fourth-order valence-electron chi connectivity index (χ4n) is 4.46. The average Bonchev–Trinajstić information content (AvgIpc) is 3.08. The van der Waals surface area contributed by atoms with Crippen LogP contribution in [0.5, 0.6) is 0 Å². The van der Waals surface area contributed by atoms with Gasteiger partial charge in [0.25, 0.3) is 5.91 Å². The van der Waals surface area contributed by atoms with Crippen LogP contribution in [0.3, 0.4) is 0 Å². The standard InChI is InChI=1S/C23H27FN4O3/c1-15-17-13-19(29)28(11-12-31-3)20(17)26-22(25-15)23(2)9-6-10-27(14-23)21(30)16-7-4-5-8-18(16)24/h4-5,7-8H,6,9-14H2,1-3H3/t23-/m1/s1. The van der Waals surface area contributed by atoms with Gasteiger partial charge in [0.2, 0.25) is 5.91 Å². The second-order valence-electron chi connectivity index (χ2n) is 8.52. The number of piperidine rings is 1. The van der Waals surface area contributed by atoms with Gasteiger partial charge in [0.05, 0.1) is 25.1 Å². The second kappa shape index (κ2) is 8.34. The quantitative estimate of drug-likeness (QED) is 0.735. The number of aromatic nitrogens is 2. The molecule has 0 saturated carbocycles. The van der Waals surface area contributed by atoms with Gasteiger partial charge in [0, 0.05) is 36.9 Å². The molecule has 1 aromatic heterocycles. The number of nitrogens with zero attached hydrogens (tertiary/aromatic N) is 4. The first-order valence-corrected chi connectivity index (χ1v) is 10.5. The molecule has 1 aromatic carbocycles. The van der Waals surface area contributed by atoms with Crippen molar-refractivity contribution in [3.63, 3.8) is 0 Å². The van der Waals surface area contributed by atoms with Crippen LogP contribution in [0.2, 0.25) is 0 Å². The number of rotatable bonds is 5. The van der Waals surface area contributed by atoms with Crippen molar-refractivity contribution in [2.75, 3.05) is 38.3 Å². The summed E-state index contributed by atoms with van der Waals surface area (Å²) >= 11 is 0. The number of hydrogen-bond acceptors (Lipinski definition) is 5. The van der Waals surface area contributed by atoms with Crippen molar-refractivity contribution in [1.82, 2.24) is 14.9 Å². The topological polar surface area (TPSA) is 75.6 Å². The van der Waals surface area contributed by atoms with E-state index in [0.717, 1.165) is 24.1 Å². The van der Waals surface area contributed by atoms with E-state index in [0.29, 0.717) is 44.3 Å². The van der Waals surface area contributed by atoms with Crippen LogP contribution in [-0.4, -0.2) is 60.0 Å². The van der Waals surface area contributed by atoms with Gasteiger partial charge in [0.15, 0.2) is 0 Å². The molecule has 2 aliphatic rings. The maximum atomic E-state index is 14.2. The third kappa shape index (κ3) is 3.92. The Morgan fingerprint density at radius 3 is 2.81 bits per heavy atom. The van der Waals surface area contributed by atoms with Crippen molar-refractivity contribution in [3.8, 4) is 0 Å². The van der Waals surface area contributed by atoms with Gasteiger partial charge < -0.3 is 9.64 Å². The summed E-state index contributed by atoms with van der Waals surface area (Å²) in [7, 11) is 1.60. The van der Waals surface area contributed by atoms with Crippen molar-refractivity contribution in [2.24, 2.45) is 0 Å². The number of ether oxygens (including phenoxy) is 1. The molecule has 7 nitrogen and oxygen atoms in total. The van der Waals surface area contributed by atoms with Crippen LogP contribution >= 0.6 is 0 Å². The lowest BCUT2D eigenvalue weighted by Crippen LogP contribution is -2.48. The molecule has 2 aromatic rings. The molecule has 0 N–H and O–H groups in total. The first-order valence-electron chi connectivity index (χ1n) is 10.5. The summed E-state index contributed by atoms with van der Waals surface area (Å²) in [5.41, 5.74) is 1.22. The molecule has 164 valence electrons. The van der Waals surface area contributed by atoms with Gasteiger partial charge in [-0.2, -0.15) is 0 Å². The molecule has 0 bridgehead atoms. The Labute approximate surface area is 181 Å². The zero-order chi connectivity index (χ0) is 22.2. The largest absolute Gasteiger partial charge is 0.383 e. The summed E-state index contributed by atoms with van der Waals surface area (Å²) in [6, 6.07) is 6.05. The molecule has 1 fully saturated rings. The Kier molecular flexibility index (Phi) is 5.75. The summed E-state index contributed by atoms with van der Waals surface area (Å²) < 4.78 is 19.3. The number of aryl methyl sites for hydroxylation is 1. The zero-order valence-corrected chi connectivity index (χ0v) is 18.2. The van der Waals surface area contributed by atoms with E-state index in [-0.39, 0.29) is 17.4 Å². The number of likely N-dealkylation sites (tertiary alicyclic amines) is 1. The highest BCUT2D eigenvalue weighted by molar-refractivity contribution is 6.00. The van der Waals surface area contributed by atoms with Gasteiger partial charge >= 0.3 is 0 Å². The summed E-state index contributed by atoms with van der Waals surface area (Å²) in [4.78, 5) is 38.4. The maximum Gasteiger partial charge on any atom is 0.256 e. The zero-order valence-electron chi connectivity index (χ0n) is 18.2. The first kappa shape index (κ1) is 21.4. The highest BCUT2D eigenvalue weighted by atomic mass is 19.1. The molecule has 0 unspecified atom stereocenters. The Hall–Kier alpha value is -2.87. The Balaban J connectivity index is 1.64. The van der Waals surface area contributed by atoms with Crippen LogP contribution in [-0.2, 0) is 21.4 Å². The van der Waals surface area contributed by atoms with Crippen molar-refractivity contribution in [2.45, 2.75) is 38.5 Å². The van der Waals surface area contributed by atoms with E-state index in [2.05, 4.69) is 0 Å².